The van der Waals surface area contributed by atoms with E-state index in [0.717, 1.165) is 0 Å². The highest BCUT2D eigenvalue weighted by atomic mass is 31.2. The molecule has 3 N–H and O–H groups in total. The Morgan fingerprint density at radius 1 is 1.11 bits per heavy atom. The number of hydrogen-bond acceptors (Lipinski definition) is 11. The number of esters is 2. The van der Waals surface area contributed by atoms with Gasteiger partial charge < -0.3 is 29.0 Å². The zero-order valence-corrected chi connectivity index (χ0v) is 22.8. The first-order chi connectivity index (χ1) is 16.7. The highest BCUT2D eigenvalue weighted by Crippen LogP contribution is 2.45. The Kier molecular flexibility index (Phi) is 10.4. The van der Waals surface area contributed by atoms with Crippen LogP contribution in [0.3, 0.4) is 0 Å². The van der Waals surface area contributed by atoms with Gasteiger partial charge in [-0.05, 0) is 48.5 Å². The van der Waals surface area contributed by atoms with Crippen LogP contribution in [0.15, 0.2) is 12.7 Å². The fourth-order valence-corrected chi connectivity index (χ4v) is 5.10. The molecule has 0 amide bonds. The van der Waals surface area contributed by atoms with Gasteiger partial charge in [-0.1, -0.05) is 0 Å². The van der Waals surface area contributed by atoms with Crippen LogP contribution in [0.1, 0.15) is 54.9 Å². The minimum absolute atomic E-state index is 0.113. The number of carbonyl (C=O) groups excluding carboxylic acids is 2. The zero-order chi connectivity index (χ0) is 27.1. The molecule has 0 aromatic carbocycles. The van der Waals surface area contributed by atoms with Gasteiger partial charge in [-0.25, -0.2) is 20.0 Å². The van der Waals surface area contributed by atoms with Crippen molar-refractivity contribution in [3.8, 4) is 0 Å². The third kappa shape index (κ3) is 8.81. The molecule has 13 nitrogen and oxygen atoms in total. The maximum absolute atomic E-state index is 13.7. The van der Waals surface area contributed by atoms with Crippen LogP contribution in [-0.2, 0) is 39.4 Å². The first-order valence-electron chi connectivity index (χ1n) is 11.7. The summed E-state index contributed by atoms with van der Waals surface area (Å²) >= 11 is 0. The predicted molar refractivity (Wildman–Crippen MR) is 133 cm³/mol. The smallest absolute Gasteiger partial charge is 0.326 e. The number of aromatic nitrogens is 4. The summed E-state index contributed by atoms with van der Waals surface area (Å²) in [6, 6.07) is 0. The number of hydrogen-bond donors (Lipinski definition) is 2. The van der Waals surface area contributed by atoms with Gasteiger partial charge in [0.1, 0.15) is 23.7 Å². The van der Waals surface area contributed by atoms with E-state index in [4.69, 9.17) is 24.5 Å². The van der Waals surface area contributed by atoms with E-state index in [2.05, 4.69) is 20.0 Å². The Balaban J connectivity index is 2.09. The first-order valence-corrected chi connectivity index (χ1v) is 13.5. The second-order valence-electron chi connectivity index (χ2n) is 9.42. The molecule has 0 aliphatic heterocycles. The van der Waals surface area contributed by atoms with Crippen LogP contribution in [0.2, 0.25) is 0 Å². The minimum Gasteiger partial charge on any atom is -0.463 e. The molecular weight excluding hydrogens is 491 g/mol. The highest BCUT2D eigenvalue weighted by Gasteiger charge is 2.39. The summed E-state index contributed by atoms with van der Waals surface area (Å²) in [7, 11) is -3.78. The molecule has 0 aliphatic carbocycles. The van der Waals surface area contributed by atoms with Gasteiger partial charge in [0.15, 0.2) is 11.5 Å². The van der Waals surface area contributed by atoms with E-state index in [9.17, 15) is 14.2 Å². The summed E-state index contributed by atoms with van der Waals surface area (Å²) in [5.41, 5.74) is 5.50. The number of anilines is 1. The van der Waals surface area contributed by atoms with Crippen LogP contribution in [-0.4, -0.2) is 68.3 Å². The lowest BCUT2D eigenvalue weighted by atomic mass is 10.1. The second kappa shape index (κ2) is 12.6. The number of nitrogen functional groups attached to an aromatic ring is 1. The number of ether oxygens (including phenoxy) is 3. The molecule has 2 rings (SSSR count). The zero-order valence-electron chi connectivity index (χ0n) is 21.9. The lowest BCUT2D eigenvalue weighted by molar-refractivity contribution is -0.153. The largest absolute Gasteiger partial charge is 0.463 e. The SMILES string of the molecule is CC(C)OC(=O)CCOP(=O)(COC(C)Cn1cnc2c(N)ncnc21)NC(C)(C)C(=O)OC(C)C. The van der Waals surface area contributed by atoms with Crippen LogP contribution in [0, 0.1) is 0 Å². The average molecular weight is 529 g/mol. The summed E-state index contributed by atoms with van der Waals surface area (Å²) in [4.78, 5) is 36.8. The Morgan fingerprint density at radius 3 is 2.42 bits per heavy atom. The third-order valence-corrected chi connectivity index (χ3v) is 6.68. The number of carbonyl (C=O) groups is 2. The van der Waals surface area contributed by atoms with Gasteiger partial charge in [-0.2, -0.15) is 0 Å². The lowest BCUT2D eigenvalue weighted by Gasteiger charge is -2.31. The summed E-state index contributed by atoms with van der Waals surface area (Å²) in [6.45, 7) is 11.9. The standard InChI is InChI=1S/C22H37N6O7P/c1-14(2)34-17(29)8-9-33-36(31,27-22(6,7)21(30)35-15(3)4)13-32-16(5)10-28-12-26-18-19(23)24-11-25-20(18)28/h11-12,14-16H,8-10,13H2,1-7H3,(H,27,31)(H2,23,24,25). The summed E-state index contributed by atoms with van der Waals surface area (Å²) in [6.07, 6.45) is 1.34. The normalized spacial score (nSPS) is 14.7. The Morgan fingerprint density at radius 2 is 1.78 bits per heavy atom. The topological polar surface area (TPSA) is 170 Å². The molecule has 2 atom stereocenters. The Labute approximate surface area is 210 Å². The van der Waals surface area contributed by atoms with Gasteiger partial charge in [0.05, 0.1) is 44.2 Å². The van der Waals surface area contributed by atoms with Crippen molar-refractivity contribution in [2.75, 3.05) is 18.7 Å². The van der Waals surface area contributed by atoms with Gasteiger partial charge >= 0.3 is 11.9 Å². The van der Waals surface area contributed by atoms with E-state index in [1.807, 2.05) is 0 Å². The van der Waals surface area contributed by atoms with E-state index in [0.29, 0.717) is 17.7 Å². The van der Waals surface area contributed by atoms with Crippen LogP contribution >= 0.6 is 7.52 Å². The minimum atomic E-state index is -3.78. The lowest BCUT2D eigenvalue weighted by Crippen LogP contribution is -2.47. The quantitative estimate of drug-likeness (QED) is 0.272. The monoisotopic (exact) mass is 528 g/mol. The molecular formula is C22H37N6O7P. The molecule has 0 bridgehead atoms. The van der Waals surface area contributed by atoms with Gasteiger partial charge in [-0.3, -0.25) is 14.2 Å². The van der Waals surface area contributed by atoms with E-state index in [-0.39, 0.29) is 37.4 Å². The fraction of sp³-hybridized carbons (Fsp3) is 0.682. The number of nitrogens with two attached hydrogens (primary N) is 1. The van der Waals surface area contributed by atoms with Crippen molar-refractivity contribution in [1.82, 2.24) is 24.6 Å². The maximum atomic E-state index is 13.7. The predicted octanol–water partition coefficient (Wildman–Crippen LogP) is 2.64. The van der Waals surface area contributed by atoms with Crippen LogP contribution in [0.25, 0.3) is 11.2 Å². The number of imidazole rings is 1. The molecule has 0 aliphatic rings. The van der Waals surface area contributed by atoms with Crippen molar-refractivity contribution in [3.63, 3.8) is 0 Å². The van der Waals surface area contributed by atoms with Crippen molar-refractivity contribution >= 4 is 36.4 Å². The molecule has 0 radical (unpaired) electrons. The molecule has 2 aromatic heterocycles. The summed E-state index contributed by atoms with van der Waals surface area (Å²) in [5, 5.41) is 2.77. The number of nitrogens with zero attached hydrogens (tertiary/aromatic N) is 4. The van der Waals surface area contributed by atoms with Crippen molar-refractivity contribution in [1.29, 1.82) is 0 Å². The van der Waals surface area contributed by atoms with E-state index in [1.165, 1.54) is 20.2 Å². The van der Waals surface area contributed by atoms with Crippen molar-refractivity contribution < 1.29 is 32.9 Å². The summed E-state index contributed by atoms with van der Waals surface area (Å²) in [5.74, 6) is -0.825. The second-order valence-corrected chi connectivity index (χ2v) is 11.5. The molecule has 0 spiro atoms. The average Bonchev–Trinajstić information content (AvgIpc) is 3.15. The van der Waals surface area contributed by atoms with E-state index < -0.39 is 31.1 Å². The Hall–Kier alpha value is -2.60. The van der Waals surface area contributed by atoms with Gasteiger partial charge in [0.2, 0.25) is 0 Å². The molecule has 2 heterocycles. The first kappa shape index (κ1) is 29.6. The van der Waals surface area contributed by atoms with E-state index in [1.54, 1.807) is 45.5 Å². The molecule has 0 fully saturated rings. The maximum Gasteiger partial charge on any atom is 0.326 e. The van der Waals surface area contributed by atoms with Crippen molar-refractivity contribution in [2.24, 2.45) is 0 Å². The third-order valence-electron chi connectivity index (χ3n) is 4.69. The van der Waals surface area contributed by atoms with Crippen LogP contribution < -0.4 is 10.8 Å². The Bertz CT molecular complexity index is 1090. The molecule has 2 unspecified atom stereocenters. The number of nitrogens with one attached hydrogen (secondary N) is 1. The van der Waals surface area contributed by atoms with Gasteiger partial charge in [0.25, 0.3) is 7.52 Å². The van der Waals surface area contributed by atoms with E-state index >= 15 is 0 Å². The molecule has 0 saturated carbocycles. The van der Waals surface area contributed by atoms with Gasteiger partial charge in [0, 0.05) is 0 Å². The molecule has 0 saturated heterocycles. The number of rotatable bonds is 14. The van der Waals surface area contributed by atoms with Crippen LogP contribution in [0.5, 0.6) is 0 Å². The summed E-state index contributed by atoms with van der Waals surface area (Å²) < 4.78 is 37.3. The molecule has 202 valence electrons. The molecule has 36 heavy (non-hydrogen) atoms. The van der Waals surface area contributed by atoms with Crippen molar-refractivity contribution in [3.05, 3.63) is 12.7 Å². The molecule has 14 heteroatoms. The molecule has 2 aromatic rings. The fourth-order valence-electron chi connectivity index (χ4n) is 3.12. The van der Waals surface area contributed by atoms with Gasteiger partial charge in [-0.15, -0.1) is 0 Å². The highest BCUT2D eigenvalue weighted by molar-refractivity contribution is 7.56. The number of fused-ring (bicyclic) bond motifs is 1. The van der Waals surface area contributed by atoms with Crippen LogP contribution in [0.4, 0.5) is 5.82 Å². The van der Waals surface area contributed by atoms with Crippen molar-refractivity contribution in [2.45, 2.75) is 85.3 Å².